The minimum Gasteiger partial charge on any atom is -0.480 e. The maximum absolute atomic E-state index is 13.1. The van der Waals surface area contributed by atoms with Gasteiger partial charge >= 0.3 is 0 Å². The second-order valence-corrected chi connectivity index (χ2v) is 9.74. The number of hydrogen-bond donors (Lipinski definition) is 0. The molecule has 3 aliphatic rings. The number of ether oxygens (including phenoxy) is 1. The van der Waals surface area contributed by atoms with Gasteiger partial charge in [0.25, 0.3) is 5.91 Å². The summed E-state index contributed by atoms with van der Waals surface area (Å²) in [4.78, 5) is 27.4. The van der Waals surface area contributed by atoms with Crippen molar-refractivity contribution >= 4 is 27.6 Å². The Kier molecular flexibility index (Phi) is 4.62. The van der Waals surface area contributed by atoms with Crippen LogP contribution < -0.4 is 4.74 Å². The number of amides is 1. The van der Waals surface area contributed by atoms with Crippen LogP contribution in [0, 0.1) is 22.2 Å². The van der Waals surface area contributed by atoms with Gasteiger partial charge in [-0.15, -0.1) is 0 Å². The summed E-state index contributed by atoms with van der Waals surface area (Å²) >= 11 is 3.47. The fraction of sp³-hybridized carbons (Fsp3) is 0.500. The molecule has 1 amide bonds. The molecule has 146 valence electrons. The number of rotatable bonds is 1. The monoisotopic (exact) mass is 442 g/mol. The van der Waals surface area contributed by atoms with Gasteiger partial charge in [-0.05, 0) is 49.4 Å². The Labute approximate surface area is 173 Å². The molecule has 6 heteroatoms. The average Bonchev–Trinajstić information content (AvgIpc) is 3.06. The zero-order valence-corrected chi connectivity index (χ0v) is 17.7. The zero-order valence-electron chi connectivity index (χ0n) is 16.1. The van der Waals surface area contributed by atoms with Crippen molar-refractivity contribution in [2.75, 3.05) is 13.1 Å². The van der Waals surface area contributed by atoms with Gasteiger partial charge in [0, 0.05) is 28.4 Å². The number of allylic oxidation sites excluding steroid dienone is 1. The van der Waals surface area contributed by atoms with Gasteiger partial charge in [-0.1, -0.05) is 35.9 Å². The van der Waals surface area contributed by atoms with E-state index in [0.717, 1.165) is 28.6 Å². The molecule has 1 unspecified atom stereocenters. The molecule has 2 atom stereocenters. The first-order chi connectivity index (χ1) is 13.2. The van der Waals surface area contributed by atoms with E-state index in [4.69, 9.17) is 4.74 Å². The lowest BCUT2D eigenvalue weighted by Gasteiger charge is -2.38. The minimum absolute atomic E-state index is 0.00653. The van der Waals surface area contributed by atoms with Crippen molar-refractivity contribution in [1.82, 2.24) is 4.90 Å². The first-order valence-corrected chi connectivity index (χ1v) is 10.4. The molecule has 4 rings (SSSR count). The van der Waals surface area contributed by atoms with Gasteiger partial charge in [0.05, 0.1) is 5.57 Å². The third-order valence-corrected chi connectivity index (χ3v) is 6.66. The highest BCUT2D eigenvalue weighted by Gasteiger charge is 2.49. The van der Waals surface area contributed by atoms with Crippen molar-refractivity contribution < 1.29 is 14.3 Å². The number of fused-ring (bicyclic) bond motifs is 1. The Morgan fingerprint density at radius 1 is 1.39 bits per heavy atom. The van der Waals surface area contributed by atoms with Crippen molar-refractivity contribution in [3.8, 4) is 11.8 Å². The molecular formula is C22H23BrN2O3. The standard InChI is InChI=1S/C22H23BrN2O3/c1-21(2)12-22(10-15(11-24)19(21)26)7-8-25(13-22)20(27)18-5-3-14-9-16(23)4-6-17(14)28-18/h4,6,9-10,18H,3,5,7-8,12-13H2,1-2H3/t18?,22-/m0/s1. The van der Waals surface area contributed by atoms with Gasteiger partial charge in [-0.3, -0.25) is 9.59 Å². The Morgan fingerprint density at radius 3 is 2.93 bits per heavy atom. The molecule has 5 nitrogen and oxygen atoms in total. The maximum Gasteiger partial charge on any atom is 0.263 e. The number of ketones is 1. The van der Waals surface area contributed by atoms with E-state index in [9.17, 15) is 14.9 Å². The molecule has 1 aromatic carbocycles. The van der Waals surface area contributed by atoms with Crippen LogP contribution in [0.5, 0.6) is 5.75 Å². The lowest BCUT2D eigenvalue weighted by Crippen LogP contribution is -2.45. The van der Waals surface area contributed by atoms with Gasteiger partial charge in [0.2, 0.25) is 0 Å². The number of benzene rings is 1. The molecule has 0 aromatic heterocycles. The van der Waals surface area contributed by atoms with Crippen molar-refractivity contribution in [1.29, 1.82) is 5.26 Å². The molecule has 28 heavy (non-hydrogen) atoms. The van der Waals surface area contributed by atoms with Crippen molar-refractivity contribution in [2.45, 2.75) is 45.6 Å². The summed E-state index contributed by atoms with van der Waals surface area (Å²) in [5.74, 6) is 0.689. The lowest BCUT2D eigenvalue weighted by molar-refractivity contribution is -0.138. The van der Waals surface area contributed by atoms with Crippen molar-refractivity contribution in [3.63, 3.8) is 0 Å². The average molecular weight is 443 g/mol. The number of nitriles is 1. The lowest BCUT2D eigenvalue weighted by atomic mass is 9.64. The minimum atomic E-state index is -0.577. The molecular weight excluding hydrogens is 420 g/mol. The molecule has 0 radical (unpaired) electrons. The second-order valence-electron chi connectivity index (χ2n) is 8.83. The predicted octanol–water partition coefficient (Wildman–Crippen LogP) is 3.81. The van der Waals surface area contributed by atoms with Gasteiger partial charge in [0.1, 0.15) is 11.8 Å². The first kappa shape index (κ1) is 19.2. The Morgan fingerprint density at radius 2 is 2.18 bits per heavy atom. The van der Waals surface area contributed by atoms with Crippen molar-refractivity contribution in [3.05, 3.63) is 39.9 Å². The topological polar surface area (TPSA) is 70.4 Å². The molecule has 1 fully saturated rings. The summed E-state index contributed by atoms with van der Waals surface area (Å²) in [5, 5.41) is 9.39. The highest BCUT2D eigenvalue weighted by Crippen LogP contribution is 2.48. The van der Waals surface area contributed by atoms with E-state index < -0.39 is 11.5 Å². The van der Waals surface area contributed by atoms with Crippen LogP contribution in [0.3, 0.4) is 0 Å². The van der Waals surface area contributed by atoms with E-state index in [1.165, 1.54) is 0 Å². The van der Waals surface area contributed by atoms with Crippen LogP contribution in [0.2, 0.25) is 0 Å². The van der Waals surface area contributed by atoms with Crippen LogP contribution in [0.25, 0.3) is 0 Å². The summed E-state index contributed by atoms with van der Waals surface area (Å²) in [6.45, 7) is 4.96. The third-order valence-electron chi connectivity index (χ3n) is 6.16. The van der Waals surface area contributed by atoms with Crippen LogP contribution >= 0.6 is 15.9 Å². The van der Waals surface area contributed by atoms with Gasteiger partial charge in [0.15, 0.2) is 11.9 Å². The van der Waals surface area contributed by atoms with E-state index in [1.54, 1.807) is 0 Å². The summed E-state index contributed by atoms with van der Waals surface area (Å²) in [5.41, 5.74) is 0.478. The first-order valence-electron chi connectivity index (χ1n) is 9.65. The number of likely N-dealkylation sites (tertiary alicyclic amines) is 1. The van der Waals surface area contributed by atoms with Crippen LogP contribution in [-0.2, 0) is 16.0 Å². The van der Waals surface area contributed by atoms with Gasteiger partial charge < -0.3 is 9.64 Å². The molecule has 1 aliphatic carbocycles. The van der Waals surface area contributed by atoms with Gasteiger partial charge in [-0.25, -0.2) is 0 Å². The van der Waals surface area contributed by atoms with E-state index in [2.05, 4.69) is 22.0 Å². The van der Waals surface area contributed by atoms with Crippen LogP contribution in [-0.4, -0.2) is 35.8 Å². The zero-order chi connectivity index (χ0) is 20.1. The Bertz CT molecular complexity index is 930. The quantitative estimate of drug-likeness (QED) is 0.662. The SMILES string of the molecule is CC1(C)C[C@@]2(C=C(C#N)C1=O)CCN(C(=O)C1CCc3cc(Br)ccc3O1)C2. The fourth-order valence-corrected chi connectivity index (χ4v) is 5.32. The maximum atomic E-state index is 13.1. The molecule has 0 saturated carbocycles. The molecule has 2 aliphatic heterocycles. The smallest absolute Gasteiger partial charge is 0.263 e. The van der Waals surface area contributed by atoms with E-state index in [1.807, 2.05) is 43.0 Å². The number of carbonyl (C=O) groups is 2. The largest absolute Gasteiger partial charge is 0.480 e. The van der Waals surface area contributed by atoms with Crippen LogP contribution in [0.4, 0.5) is 0 Å². The summed E-state index contributed by atoms with van der Waals surface area (Å²) < 4.78 is 7.01. The van der Waals surface area contributed by atoms with Gasteiger partial charge in [-0.2, -0.15) is 5.26 Å². The molecule has 1 spiro atoms. The van der Waals surface area contributed by atoms with E-state index in [-0.39, 0.29) is 22.7 Å². The molecule has 1 aromatic rings. The Balaban J connectivity index is 1.51. The molecule has 0 bridgehead atoms. The normalized spacial score (nSPS) is 28.4. The van der Waals surface area contributed by atoms with Crippen molar-refractivity contribution in [2.24, 2.45) is 10.8 Å². The van der Waals surface area contributed by atoms with E-state index in [0.29, 0.717) is 25.9 Å². The fourth-order valence-electron chi connectivity index (χ4n) is 4.91. The molecule has 0 N–H and O–H groups in total. The van der Waals surface area contributed by atoms with Crippen LogP contribution in [0.1, 0.15) is 38.7 Å². The number of aryl methyl sites for hydroxylation is 1. The number of carbonyl (C=O) groups excluding carboxylic acids is 2. The Hall–Kier alpha value is -2.13. The highest BCUT2D eigenvalue weighted by molar-refractivity contribution is 9.10. The number of Topliss-reactive ketones (excluding diaryl/α,β-unsaturated/α-hetero) is 1. The number of hydrogen-bond acceptors (Lipinski definition) is 4. The summed E-state index contributed by atoms with van der Waals surface area (Å²) in [6, 6.07) is 7.93. The molecule has 2 heterocycles. The third kappa shape index (κ3) is 3.26. The highest BCUT2D eigenvalue weighted by atomic mass is 79.9. The molecule has 1 saturated heterocycles. The number of halogens is 1. The van der Waals surface area contributed by atoms with E-state index >= 15 is 0 Å². The summed E-state index contributed by atoms with van der Waals surface area (Å²) in [7, 11) is 0. The number of nitrogens with zero attached hydrogens (tertiary/aromatic N) is 2. The summed E-state index contributed by atoms with van der Waals surface area (Å²) in [6.07, 6.45) is 4.26. The van der Waals surface area contributed by atoms with Crippen LogP contribution in [0.15, 0.2) is 34.3 Å². The predicted molar refractivity (Wildman–Crippen MR) is 108 cm³/mol. The second kappa shape index (κ2) is 6.73.